The van der Waals surface area contributed by atoms with Crippen molar-refractivity contribution in [1.29, 1.82) is 0 Å². The van der Waals surface area contributed by atoms with Crippen LogP contribution in [0, 0.1) is 0 Å². The Morgan fingerprint density at radius 2 is 1.89 bits per heavy atom. The van der Waals surface area contributed by atoms with Gasteiger partial charge in [-0.2, -0.15) is 0 Å². The molecular formula is C16H14OS. The molecule has 0 unspecified atom stereocenters. The second kappa shape index (κ2) is 4.46. The Bertz CT molecular complexity index is 697. The lowest BCUT2D eigenvalue weighted by atomic mass is 10.0. The number of aromatic hydroxyl groups is 1. The van der Waals surface area contributed by atoms with Gasteiger partial charge in [-0.15, -0.1) is 11.3 Å². The Morgan fingerprint density at radius 3 is 2.72 bits per heavy atom. The first-order chi connectivity index (χ1) is 8.78. The molecule has 0 amide bonds. The fraction of sp³-hybridized carbons (Fsp3) is 0.125. The largest absolute Gasteiger partial charge is 0.508 e. The lowest BCUT2D eigenvalue weighted by Gasteiger charge is -2.04. The number of hydrogen-bond donors (Lipinski definition) is 1. The van der Waals surface area contributed by atoms with Crippen LogP contribution in [0.5, 0.6) is 5.75 Å². The maximum Gasteiger partial charge on any atom is 0.117 e. The van der Waals surface area contributed by atoms with Gasteiger partial charge in [-0.3, -0.25) is 0 Å². The predicted octanol–water partition coefficient (Wildman–Crippen LogP) is 4.84. The Labute approximate surface area is 110 Å². The molecule has 1 heterocycles. The van der Waals surface area contributed by atoms with Crippen molar-refractivity contribution in [3.63, 3.8) is 0 Å². The van der Waals surface area contributed by atoms with Crippen molar-refractivity contribution in [3.8, 4) is 16.2 Å². The number of aryl methyl sites for hydroxylation is 1. The molecule has 0 saturated carbocycles. The molecular weight excluding hydrogens is 240 g/mol. The maximum absolute atomic E-state index is 9.52. The van der Waals surface area contributed by atoms with Crippen LogP contribution in [-0.2, 0) is 6.42 Å². The van der Waals surface area contributed by atoms with E-state index < -0.39 is 0 Å². The molecule has 0 radical (unpaired) electrons. The minimum atomic E-state index is 0.333. The van der Waals surface area contributed by atoms with Gasteiger partial charge in [0.1, 0.15) is 5.75 Å². The second-order valence-electron chi connectivity index (χ2n) is 4.34. The fourth-order valence-electron chi connectivity index (χ4n) is 2.22. The zero-order valence-electron chi connectivity index (χ0n) is 10.2. The summed E-state index contributed by atoms with van der Waals surface area (Å²) in [5, 5.41) is 10.7. The molecule has 0 spiro atoms. The highest BCUT2D eigenvalue weighted by Gasteiger charge is 2.07. The molecule has 2 heteroatoms. The first kappa shape index (κ1) is 11.3. The van der Waals surface area contributed by atoms with Crippen molar-refractivity contribution in [2.24, 2.45) is 0 Å². The molecule has 3 aromatic rings. The van der Waals surface area contributed by atoms with E-state index in [1.54, 1.807) is 17.4 Å². The normalized spacial score (nSPS) is 10.9. The van der Waals surface area contributed by atoms with Gasteiger partial charge in [0, 0.05) is 9.58 Å². The molecule has 0 aliphatic rings. The van der Waals surface area contributed by atoms with Gasteiger partial charge in [0.15, 0.2) is 0 Å². The van der Waals surface area contributed by atoms with Crippen LogP contribution >= 0.6 is 11.3 Å². The summed E-state index contributed by atoms with van der Waals surface area (Å²) in [7, 11) is 0. The highest BCUT2D eigenvalue weighted by atomic mass is 32.1. The van der Waals surface area contributed by atoms with Gasteiger partial charge < -0.3 is 5.11 Å². The van der Waals surface area contributed by atoms with Crippen LogP contribution in [0.4, 0.5) is 0 Å². The SMILES string of the molecule is CCc1ccccc1-c1cc2ccc(O)cc2s1. The van der Waals surface area contributed by atoms with Crippen LogP contribution < -0.4 is 0 Å². The van der Waals surface area contributed by atoms with Gasteiger partial charge in [0.2, 0.25) is 0 Å². The average Bonchev–Trinajstić information content (AvgIpc) is 2.81. The molecule has 1 aromatic heterocycles. The quantitative estimate of drug-likeness (QED) is 0.694. The van der Waals surface area contributed by atoms with E-state index >= 15 is 0 Å². The maximum atomic E-state index is 9.52. The van der Waals surface area contributed by atoms with Gasteiger partial charge in [-0.1, -0.05) is 31.2 Å². The van der Waals surface area contributed by atoms with Crippen LogP contribution in [0.1, 0.15) is 12.5 Å². The monoisotopic (exact) mass is 254 g/mol. The molecule has 0 aliphatic carbocycles. The number of fused-ring (bicyclic) bond motifs is 1. The van der Waals surface area contributed by atoms with Crippen molar-refractivity contribution < 1.29 is 5.11 Å². The van der Waals surface area contributed by atoms with Gasteiger partial charge in [-0.25, -0.2) is 0 Å². The van der Waals surface area contributed by atoms with Crippen molar-refractivity contribution >= 4 is 21.4 Å². The van der Waals surface area contributed by atoms with E-state index in [0.717, 1.165) is 11.1 Å². The third kappa shape index (κ3) is 1.89. The molecule has 1 nitrogen and oxygen atoms in total. The van der Waals surface area contributed by atoms with Gasteiger partial charge in [0.05, 0.1) is 0 Å². The van der Waals surface area contributed by atoms with E-state index in [4.69, 9.17) is 0 Å². The molecule has 1 N–H and O–H groups in total. The van der Waals surface area contributed by atoms with Gasteiger partial charge in [0.25, 0.3) is 0 Å². The van der Waals surface area contributed by atoms with E-state index in [1.165, 1.54) is 21.4 Å². The highest BCUT2D eigenvalue weighted by molar-refractivity contribution is 7.22. The smallest absolute Gasteiger partial charge is 0.117 e. The summed E-state index contributed by atoms with van der Waals surface area (Å²) in [6, 6.07) is 16.3. The summed E-state index contributed by atoms with van der Waals surface area (Å²) in [6.07, 6.45) is 1.04. The summed E-state index contributed by atoms with van der Waals surface area (Å²) < 4.78 is 1.14. The van der Waals surface area contributed by atoms with Crippen LogP contribution in [-0.4, -0.2) is 5.11 Å². The van der Waals surface area contributed by atoms with Crippen molar-refractivity contribution in [2.75, 3.05) is 0 Å². The molecule has 0 atom stereocenters. The van der Waals surface area contributed by atoms with Crippen molar-refractivity contribution in [1.82, 2.24) is 0 Å². The first-order valence-corrected chi connectivity index (χ1v) is 6.90. The number of thiophene rings is 1. The van der Waals surface area contributed by atoms with Crippen molar-refractivity contribution in [3.05, 3.63) is 54.1 Å². The minimum Gasteiger partial charge on any atom is -0.508 e. The summed E-state index contributed by atoms with van der Waals surface area (Å²) in [5.41, 5.74) is 2.67. The molecule has 3 rings (SSSR count). The standard InChI is InChI=1S/C16H14OS/c1-2-11-5-3-4-6-14(11)16-9-12-7-8-13(17)10-15(12)18-16/h3-10,17H,2H2,1H3. The Morgan fingerprint density at radius 1 is 1.06 bits per heavy atom. The predicted molar refractivity (Wildman–Crippen MR) is 78.3 cm³/mol. The fourth-order valence-corrected chi connectivity index (χ4v) is 3.38. The van der Waals surface area contributed by atoms with Gasteiger partial charge >= 0.3 is 0 Å². The van der Waals surface area contributed by atoms with Crippen LogP contribution in [0.15, 0.2) is 48.5 Å². The van der Waals surface area contributed by atoms with E-state index in [1.807, 2.05) is 12.1 Å². The first-order valence-electron chi connectivity index (χ1n) is 6.09. The molecule has 90 valence electrons. The lowest BCUT2D eigenvalue weighted by Crippen LogP contribution is -1.83. The Hall–Kier alpha value is -1.80. The third-order valence-electron chi connectivity index (χ3n) is 3.17. The number of benzene rings is 2. The summed E-state index contributed by atoms with van der Waals surface area (Å²) in [6.45, 7) is 2.18. The van der Waals surface area contributed by atoms with E-state index in [2.05, 4.69) is 37.3 Å². The lowest BCUT2D eigenvalue weighted by molar-refractivity contribution is 0.476. The average molecular weight is 254 g/mol. The zero-order valence-corrected chi connectivity index (χ0v) is 11.0. The minimum absolute atomic E-state index is 0.333. The molecule has 0 saturated heterocycles. The molecule has 18 heavy (non-hydrogen) atoms. The third-order valence-corrected chi connectivity index (χ3v) is 4.30. The van der Waals surface area contributed by atoms with Gasteiger partial charge in [-0.05, 0) is 47.2 Å². The topological polar surface area (TPSA) is 20.2 Å². The highest BCUT2D eigenvalue weighted by Crippen LogP contribution is 2.36. The van der Waals surface area contributed by atoms with Crippen molar-refractivity contribution in [2.45, 2.75) is 13.3 Å². The molecule has 0 aliphatic heterocycles. The van der Waals surface area contributed by atoms with E-state index in [0.29, 0.717) is 5.75 Å². The molecule has 2 aromatic carbocycles. The van der Waals surface area contributed by atoms with Crippen LogP contribution in [0.2, 0.25) is 0 Å². The van der Waals surface area contributed by atoms with E-state index in [-0.39, 0.29) is 0 Å². The molecule has 0 fully saturated rings. The number of phenolic OH excluding ortho intramolecular Hbond substituents is 1. The number of hydrogen-bond acceptors (Lipinski definition) is 2. The summed E-state index contributed by atoms with van der Waals surface area (Å²) >= 11 is 1.73. The number of phenols is 1. The van der Waals surface area contributed by atoms with E-state index in [9.17, 15) is 5.11 Å². The Balaban J connectivity index is 2.19. The zero-order chi connectivity index (χ0) is 12.5. The number of rotatable bonds is 2. The Kier molecular flexibility index (Phi) is 2.80. The van der Waals surface area contributed by atoms with Crippen LogP contribution in [0.25, 0.3) is 20.5 Å². The second-order valence-corrected chi connectivity index (χ2v) is 5.43. The summed E-state index contributed by atoms with van der Waals surface area (Å²) in [5.74, 6) is 0.333. The molecule has 0 bridgehead atoms. The van der Waals surface area contributed by atoms with Crippen LogP contribution in [0.3, 0.4) is 0 Å². The summed E-state index contributed by atoms with van der Waals surface area (Å²) in [4.78, 5) is 1.27.